The first-order valence-corrected chi connectivity index (χ1v) is 11.3. The molecule has 3 aromatic rings. The summed E-state index contributed by atoms with van der Waals surface area (Å²) in [5.74, 6) is -0.948. The molecule has 0 bridgehead atoms. The number of rotatable bonds is 6. The summed E-state index contributed by atoms with van der Waals surface area (Å²) in [7, 11) is 0. The number of halogens is 3. The van der Waals surface area contributed by atoms with Crippen molar-refractivity contribution in [1.29, 1.82) is 0 Å². The average Bonchev–Trinajstić information content (AvgIpc) is 3.12. The zero-order valence-corrected chi connectivity index (χ0v) is 18.5. The van der Waals surface area contributed by atoms with Gasteiger partial charge in [-0.3, -0.25) is 4.79 Å². The molecule has 0 aliphatic carbocycles. The first-order chi connectivity index (χ1) is 16.3. The first-order valence-electron chi connectivity index (χ1n) is 11.3. The number of aromatic nitrogens is 1. The van der Waals surface area contributed by atoms with Crippen LogP contribution in [-0.2, 0) is 11.2 Å². The maximum absolute atomic E-state index is 12.4. The van der Waals surface area contributed by atoms with Gasteiger partial charge in [0.25, 0.3) is 0 Å². The summed E-state index contributed by atoms with van der Waals surface area (Å²) in [6.45, 7) is 2.12. The summed E-state index contributed by atoms with van der Waals surface area (Å²) in [6.07, 6.45) is 0.432. The number of aryl methyl sites for hydroxylation is 1. The van der Waals surface area contributed by atoms with E-state index < -0.39 is 12.1 Å². The van der Waals surface area contributed by atoms with Crippen molar-refractivity contribution in [1.82, 2.24) is 10.5 Å². The number of para-hydroxylation sites is 1. The molecule has 1 saturated heterocycles. The second kappa shape index (κ2) is 10.3. The van der Waals surface area contributed by atoms with E-state index in [1.165, 1.54) is 37.1 Å². The Morgan fingerprint density at radius 3 is 2.65 bits per heavy atom. The van der Waals surface area contributed by atoms with Gasteiger partial charge in [-0.1, -0.05) is 29.4 Å². The van der Waals surface area contributed by atoms with Crippen molar-refractivity contribution in [2.75, 3.05) is 18.4 Å². The molecule has 6 nitrogen and oxygen atoms in total. The quantitative estimate of drug-likeness (QED) is 0.438. The van der Waals surface area contributed by atoms with Gasteiger partial charge >= 0.3 is 12.1 Å². The zero-order chi connectivity index (χ0) is 24.1. The smallest absolute Gasteiger partial charge is 0.471 e. The van der Waals surface area contributed by atoms with E-state index >= 15 is 0 Å². The number of nitrogens with one attached hydrogen (secondary N) is 2. The fourth-order valence-corrected chi connectivity index (χ4v) is 4.20. The van der Waals surface area contributed by atoms with Gasteiger partial charge in [-0.15, -0.1) is 0 Å². The highest BCUT2D eigenvalue weighted by Crippen LogP contribution is 2.38. The van der Waals surface area contributed by atoms with E-state index in [-0.39, 0.29) is 11.4 Å². The number of phenols is 1. The number of carbonyl (C=O) groups excluding carboxylic acids is 1. The van der Waals surface area contributed by atoms with E-state index in [9.17, 15) is 23.1 Å². The predicted molar refractivity (Wildman–Crippen MR) is 122 cm³/mol. The van der Waals surface area contributed by atoms with Crippen molar-refractivity contribution in [3.8, 4) is 28.2 Å². The molecule has 9 heteroatoms. The van der Waals surface area contributed by atoms with Crippen molar-refractivity contribution in [2.45, 2.75) is 38.3 Å². The van der Waals surface area contributed by atoms with Gasteiger partial charge in [0.05, 0.1) is 11.3 Å². The molecule has 1 aliphatic heterocycles. The third kappa shape index (κ3) is 5.77. The molecule has 0 spiro atoms. The van der Waals surface area contributed by atoms with Crippen LogP contribution in [0.1, 0.15) is 31.4 Å². The number of carbonyl (C=O) groups is 1. The summed E-state index contributed by atoms with van der Waals surface area (Å²) in [4.78, 5) is 11.1. The lowest BCUT2D eigenvalue weighted by Crippen LogP contribution is -2.29. The molecule has 0 saturated carbocycles. The number of alkyl halides is 3. The second-order valence-electron chi connectivity index (χ2n) is 8.50. The molecular formula is C25H26F3N3O3. The van der Waals surface area contributed by atoms with Crippen molar-refractivity contribution in [3.05, 3.63) is 54.2 Å². The number of aromatic hydroxyl groups is 1. The third-order valence-corrected chi connectivity index (χ3v) is 6.08. The molecule has 180 valence electrons. The van der Waals surface area contributed by atoms with Crippen LogP contribution in [-0.4, -0.2) is 35.4 Å². The van der Waals surface area contributed by atoms with Gasteiger partial charge in [-0.25, -0.2) is 0 Å². The van der Waals surface area contributed by atoms with Crippen LogP contribution in [0.15, 0.2) is 53.1 Å². The first kappa shape index (κ1) is 23.8. The van der Waals surface area contributed by atoms with E-state index in [4.69, 9.17) is 4.52 Å². The molecule has 4 rings (SSSR count). The topological polar surface area (TPSA) is 87.4 Å². The van der Waals surface area contributed by atoms with Gasteiger partial charge in [-0.05, 0) is 74.9 Å². The summed E-state index contributed by atoms with van der Waals surface area (Å²) >= 11 is 0. The minimum Gasteiger partial charge on any atom is -0.507 e. The molecule has 1 fully saturated rings. The van der Waals surface area contributed by atoms with Crippen LogP contribution in [0.4, 0.5) is 18.9 Å². The SMILES string of the molecule is O=C(Nc1ccc(-c2cccc(-c3cc(CCC4CCCNCC4)no3)c2O)cc1)C(F)(F)F. The van der Waals surface area contributed by atoms with Crippen LogP contribution in [0.3, 0.4) is 0 Å². The Labute approximate surface area is 195 Å². The number of benzene rings is 2. The minimum absolute atomic E-state index is 0.00560. The van der Waals surface area contributed by atoms with Crippen molar-refractivity contribution in [2.24, 2.45) is 5.92 Å². The van der Waals surface area contributed by atoms with E-state index in [0.717, 1.165) is 38.0 Å². The Kier molecular flexibility index (Phi) is 7.21. The van der Waals surface area contributed by atoms with E-state index in [1.54, 1.807) is 23.5 Å². The highest BCUT2D eigenvalue weighted by atomic mass is 19.4. The third-order valence-electron chi connectivity index (χ3n) is 6.08. The van der Waals surface area contributed by atoms with Crippen LogP contribution in [0.25, 0.3) is 22.5 Å². The Hall–Kier alpha value is -3.33. The highest BCUT2D eigenvalue weighted by molar-refractivity contribution is 5.95. The van der Waals surface area contributed by atoms with Gasteiger partial charge in [-0.2, -0.15) is 13.2 Å². The van der Waals surface area contributed by atoms with Crippen molar-refractivity contribution >= 4 is 11.6 Å². The number of amides is 1. The summed E-state index contributed by atoms with van der Waals surface area (Å²) in [5.41, 5.74) is 2.37. The fourth-order valence-electron chi connectivity index (χ4n) is 4.20. The molecule has 1 amide bonds. The molecular weight excluding hydrogens is 447 g/mol. The van der Waals surface area contributed by atoms with Crippen LogP contribution in [0.2, 0.25) is 0 Å². The van der Waals surface area contributed by atoms with Gasteiger partial charge < -0.3 is 20.3 Å². The largest absolute Gasteiger partial charge is 0.507 e. The predicted octanol–water partition coefficient (Wildman–Crippen LogP) is 5.54. The normalized spacial score (nSPS) is 16.7. The molecule has 1 aromatic heterocycles. The Balaban J connectivity index is 1.46. The molecule has 3 N–H and O–H groups in total. The molecule has 1 aliphatic rings. The number of nitrogens with zero attached hydrogens (tertiary/aromatic N) is 1. The monoisotopic (exact) mass is 473 g/mol. The lowest BCUT2D eigenvalue weighted by atomic mass is 9.94. The number of phenolic OH excluding ortho intramolecular Hbond substituents is 1. The van der Waals surface area contributed by atoms with Gasteiger partial charge in [0.2, 0.25) is 0 Å². The molecule has 2 heterocycles. The van der Waals surface area contributed by atoms with Crippen LogP contribution < -0.4 is 10.6 Å². The van der Waals surface area contributed by atoms with Gasteiger partial charge in [0, 0.05) is 17.3 Å². The zero-order valence-electron chi connectivity index (χ0n) is 18.5. The fraction of sp³-hybridized carbons (Fsp3) is 0.360. The Morgan fingerprint density at radius 1 is 1.12 bits per heavy atom. The lowest BCUT2D eigenvalue weighted by molar-refractivity contribution is -0.167. The molecule has 1 unspecified atom stereocenters. The number of hydrogen-bond acceptors (Lipinski definition) is 5. The Bertz CT molecular complexity index is 1120. The lowest BCUT2D eigenvalue weighted by Gasteiger charge is -2.11. The number of hydrogen-bond donors (Lipinski definition) is 3. The second-order valence-corrected chi connectivity index (χ2v) is 8.50. The maximum atomic E-state index is 12.4. The standard InChI is InChI=1S/C25H26F3N3O3/c26-25(27,28)24(33)30-18-10-7-17(8-11-18)20-4-1-5-21(23(20)32)22-15-19(31-34-22)9-6-16-3-2-13-29-14-12-16/h1,4-5,7-8,10-11,15-16,29,32H,2-3,6,9,12-14H2,(H,30,33). The summed E-state index contributed by atoms with van der Waals surface area (Å²) in [5, 5.41) is 20.3. The Morgan fingerprint density at radius 2 is 1.88 bits per heavy atom. The minimum atomic E-state index is -4.96. The van der Waals surface area contributed by atoms with Crippen LogP contribution >= 0.6 is 0 Å². The molecule has 2 aromatic carbocycles. The molecule has 34 heavy (non-hydrogen) atoms. The van der Waals surface area contributed by atoms with Crippen molar-refractivity contribution < 1.29 is 27.6 Å². The average molecular weight is 473 g/mol. The molecule has 1 atom stereocenters. The van der Waals surface area contributed by atoms with Gasteiger partial charge in [0.1, 0.15) is 5.75 Å². The summed E-state index contributed by atoms with van der Waals surface area (Å²) < 4.78 is 42.8. The summed E-state index contributed by atoms with van der Waals surface area (Å²) in [6, 6.07) is 12.8. The van der Waals surface area contributed by atoms with Crippen LogP contribution in [0, 0.1) is 5.92 Å². The number of anilines is 1. The van der Waals surface area contributed by atoms with Crippen molar-refractivity contribution in [3.63, 3.8) is 0 Å². The van der Waals surface area contributed by atoms with Gasteiger partial charge in [0.15, 0.2) is 5.76 Å². The highest BCUT2D eigenvalue weighted by Gasteiger charge is 2.38. The molecule has 0 radical (unpaired) electrons. The van der Waals surface area contributed by atoms with Crippen LogP contribution in [0.5, 0.6) is 5.75 Å². The van der Waals surface area contributed by atoms with E-state index in [1.807, 2.05) is 6.07 Å². The van der Waals surface area contributed by atoms with E-state index in [2.05, 4.69) is 10.5 Å². The van der Waals surface area contributed by atoms with E-state index in [0.29, 0.717) is 28.4 Å². The maximum Gasteiger partial charge on any atom is 0.471 e.